The Hall–Kier alpha value is -2.29. The number of sulfonamides is 1. The summed E-state index contributed by atoms with van der Waals surface area (Å²) in [5, 5.41) is 10.4. The highest BCUT2D eigenvalue weighted by molar-refractivity contribution is 7.89. The summed E-state index contributed by atoms with van der Waals surface area (Å²) in [5.41, 5.74) is 1.30. The normalized spacial score (nSPS) is 12.5. The molecule has 2 rings (SSSR count). The molecule has 0 saturated carbocycles. The lowest BCUT2D eigenvalue weighted by Crippen LogP contribution is -2.29. The highest BCUT2D eigenvalue weighted by Crippen LogP contribution is 2.30. The molecule has 1 unspecified atom stereocenters. The van der Waals surface area contributed by atoms with Crippen LogP contribution in [0, 0.1) is 6.92 Å². The summed E-state index contributed by atoms with van der Waals surface area (Å²) in [7, 11) is -0.855. The van der Waals surface area contributed by atoms with E-state index in [4.69, 9.17) is 14.2 Å². The van der Waals surface area contributed by atoms with Crippen LogP contribution in [-0.4, -0.2) is 40.9 Å². The summed E-state index contributed by atoms with van der Waals surface area (Å²) in [5.74, 6) is 1.25. The van der Waals surface area contributed by atoms with Crippen LogP contribution < -0.4 is 18.9 Å². The van der Waals surface area contributed by atoms with Crippen LogP contribution in [0.4, 0.5) is 0 Å². The summed E-state index contributed by atoms with van der Waals surface area (Å²) >= 11 is 0. The first-order valence-corrected chi connectivity index (χ1v) is 9.93. The number of aryl methyl sites for hydroxylation is 1. The third-order valence-corrected chi connectivity index (χ3v) is 5.39. The van der Waals surface area contributed by atoms with Gasteiger partial charge in [-0.25, -0.2) is 13.1 Å². The first-order chi connectivity index (χ1) is 12.8. The van der Waals surface area contributed by atoms with Gasteiger partial charge in [-0.1, -0.05) is 12.1 Å². The van der Waals surface area contributed by atoms with Gasteiger partial charge in [0.2, 0.25) is 10.0 Å². The summed E-state index contributed by atoms with van der Waals surface area (Å²) in [6.45, 7) is 3.73. The average molecular weight is 395 g/mol. The third-order valence-electron chi connectivity index (χ3n) is 3.95. The molecule has 27 heavy (non-hydrogen) atoms. The van der Waals surface area contributed by atoms with Gasteiger partial charge >= 0.3 is 0 Å². The van der Waals surface area contributed by atoms with Crippen molar-refractivity contribution in [2.45, 2.75) is 24.8 Å². The van der Waals surface area contributed by atoms with E-state index in [1.54, 1.807) is 44.2 Å². The number of ether oxygens (including phenoxy) is 3. The molecule has 8 heteroatoms. The lowest BCUT2D eigenvalue weighted by molar-refractivity contribution is 0.181. The predicted octanol–water partition coefficient (Wildman–Crippen LogP) is 2.42. The van der Waals surface area contributed by atoms with Crippen molar-refractivity contribution in [2.24, 2.45) is 0 Å². The summed E-state index contributed by atoms with van der Waals surface area (Å²) in [6.07, 6.45) is -1.06. The fourth-order valence-corrected chi connectivity index (χ4v) is 3.81. The van der Waals surface area contributed by atoms with E-state index < -0.39 is 16.1 Å². The molecular formula is C19H25NO6S. The van der Waals surface area contributed by atoms with Crippen molar-refractivity contribution in [1.29, 1.82) is 0 Å². The minimum Gasteiger partial charge on any atom is -0.493 e. The highest BCUT2D eigenvalue weighted by Gasteiger charge is 2.22. The minimum atomic E-state index is -3.86. The van der Waals surface area contributed by atoms with Gasteiger partial charge in [0, 0.05) is 6.54 Å². The van der Waals surface area contributed by atoms with Crippen molar-refractivity contribution in [1.82, 2.24) is 4.72 Å². The predicted molar refractivity (Wildman–Crippen MR) is 102 cm³/mol. The van der Waals surface area contributed by atoms with E-state index >= 15 is 0 Å². The Morgan fingerprint density at radius 3 is 2.33 bits per heavy atom. The Labute approximate surface area is 159 Å². The quantitative estimate of drug-likeness (QED) is 0.677. The zero-order chi connectivity index (χ0) is 20.0. The molecule has 1 atom stereocenters. The molecule has 0 amide bonds. The Morgan fingerprint density at radius 2 is 1.70 bits per heavy atom. The van der Waals surface area contributed by atoms with Gasteiger partial charge in [0.1, 0.15) is 10.6 Å². The summed E-state index contributed by atoms with van der Waals surface area (Å²) < 4.78 is 43.6. The van der Waals surface area contributed by atoms with Crippen LogP contribution in [0.3, 0.4) is 0 Å². The van der Waals surface area contributed by atoms with E-state index in [9.17, 15) is 13.5 Å². The average Bonchev–Trinajstić information content (AvgIpc) is 2.67. The molecule has 2 aromatic carbocycles. The molecule has 2 N–H and O–H groups in total. The number of methoxy groups -OCH3 is 2. The second-order valence-corrected chi connectivity index (χ2v) is 7.60. The number of benzene rings is 2. The van der Waals surface area contributed by atoms with Gasteiger partial charge < -0.3 is 19.3 Å². The second-order valence-electron chi connectivity index (χ2n) is 5.87. The van der Waals surface area contributed by atoms with E-state index in [0.29, 0.717) is 23.7 Å². The number of hydrogen-bond donors (Lipinski definition) is 2. The minimum absolute atomic E-state index is 0.0452. The zero-order valence-corrected chi connectivity index (χ0v) is 16.7. The smallest absolute Gasteiger partial charge is 0.244 e. The molecule has 0 aliphatic carbocycles. The van der Waals surface area contributed by atoms with Crippen LogP contribution in [0.2, 0.25) is 0 Å². The van der Waals surface area contributed by atoms with E-state index in [1.165, 1.54) is 20.3 Å². The van der Waals surface area contributed by atoms with E-state index in [1.807, 2.05) is 0 Å². The van der Waals surface area contributed by atoms with Gasteiger partial charge in [0.25, 0.3) is 0 Å². The van der Waals surface area contributed by atoms with Gasteiger partial charge in [0.15, 0.2) is 11.5 Å². The highest BCUT2D eigenvalue weighted by atomic mass is 32.2. The largest absolute Gasteiger partial charge is 0.493 e. The zero-order valence-electron chi connectivity index (χ0n) is 15.9. The fraction of sp³-hybridized carbons (Fsp3) is 0.368. The maximum atomic E-state index is 12.7. The van der Waals surface area contributed by atoms with Gasteiger partial charge in [-0.3, -0.25) is 0 Å². The van der Waals surface area contributed by atoms with Crippen molar-refractivity contribution in [3.8, 4) is 17.2 Å². The molecule has 0 spiro atoms. The molecule has 0 radical (unpaired) electrons. The molecule has 7 nitrogen and oxygen atoms in total. The third kappa shape index (κ3) is 5.12. The number of aliphatic hydroxyl groups is 1. The molecule has 0 fully saturated rings. The Kier molecular flexibility index (Phi) is 7.06. The molecule has 0 aromatic heterocycles. The van der Waals surface area contributed by atoms with Crippen LogP contribution in [0.1, 0.15) is 24.2 Å². The van der Waals surface area contributed by atoms with Crippen molar-refractivity contribution in [3.05, 3.63) is 47.5 Å². The van der Waals surface area contributed by atoms with Crippen molar-refractivity contribution in [2.75, 3.05) is 27.4 Å². The van der Waals surface area contributed by atoms with Gasteiger partial charge in [-0.2, -0.15) is 0 Å². The van der Waals surface area contributed by atoms with E-state index in [2.05, 4.69) is 4.72 Å². The standard InChI is InChI=1S/C19H25NO6S/c1-5-26-17-8-6-13(2)10-19(17)27(22,23)20-12-15(21)14-7-9-16(24-3)18(11-14)25-4/h6-11,15,20-21H,5,12H2,1-4H3. The first-order valence-electron chi connectivity index (χ1n) is 8.45. The van der Waals surface area contributed by atoms with Crippen LogP contribution in [-0.2, 0) is 10.0 Å². The summed E-state index contributed by atoms with van der Waals surface area (Å²) in [6, 6.07) is 9.85. The maximum absolute atomic E-state index is 12.7. The summed E-state index contributed by atoms with van der Waals surface area (Å²) in [4.78, 5) is 0.0452. The van der Waals surface area contributed by atoms with Crippen LogP contribution >= 0.6 is 0 Å². The Balaban J connectivity index is 2.19. The second kappa shape index (κ2) is 9.07. The van der Waals surface area contributed by atoms with E-state index in [-0.39, 0.29) is 17.2 Å². The van der Waals surface area contributed by atoms with Gasteiger partial charge in [-0.05, 0) is 49.2 Å². The molecule has 0 aliphatic rings. The fourth-order valence-electron chi connectivity index (χ4n) is 2.54. The Morgan fingerprint density at radius 1 is 1.04 bits per heavy atom. The lowest BCUT2D eigenvalue weighted by Gasteiger charge is -2.16. The topological polar surface area (TPSA) is 94.1 Å². The molecule has 0 saturated heterocycles. The number of rotatable bonds is 9. The molecular weight excluding hydrogens is 370 g/mol. The van der Waals surface area contributed by atoms with Crippen LogP contribution in [0.25, 0.3) is 0 Å². The number of hydrogen-bond acceptors (Lipinski definition) is 6. The number of nitrogens with one attached hydrogen (secondary N) is 1. The van der Waals surface area contributed by atoms with Gasteiger partial charge in [0.05, 0.1) is 26.9 Å². The first kappa shape index (κ1) is 21.0. The molecule has 0 aliphatic heterocycles. The molecule has 0 heterocycles. The monoisotopic (exact) mass is 395 g/mol. The van der Waals surface area contributed by atoms with Crippen molar-refractivity contribution in [3.63, 3.8) is 0 Å². The van der Waals surface area contributed by atoms with E-state index in [0.717, 1.165) is 5.56 Å². The van der Waals surface area contributed by atoms with Crippen LogP contribution in [0.15, 0.2) is 41.3 Å². The molecule has 148 valence electrons. The Bertz CT molecular complexity index is 882. The van der Waals surface area contributed by atoms with Crippen LogP contribution in [0.5, 0.6) is 17.2 Å². The molecule has 0 bridgehead atoms. The number of aliphatic hydroxyl groups excluding tert-OH is 1. The SMILES string of the molecule is CCOc1ccc(C)cc1S(=O)(=O)NCC(O)c1ccc(OC)c(OC)c1. The van der Waals surface area contributed by atoms with Crippen molar-refractivity contribution < 1.29 is 27.7 Å². The van der Waals surface area contributed by atoms with Gasteiger partial charge in [-0.15, -0.1) is 0 Å². The lowest BCUT2D eigenvalue weighted by atomic mass is 10.1. The van der Waals surface area contributed by atoms with Crippen molar-refractivity contribution >= 4 is 10.0 Å². The maximum Gasteiger partial charge on any atom is 0.244 e. The molecule has 2 aromatic rings.